The van der Waals surface area contributed by atoms with Crippen LogP contribution < -0.4 is 0 Å². The Hall–Kier alpha value is -2.64. The van der Waals surface area contributed by atoms with Gasteiger partial charge in [0.1, 0.15) is 0 Å². The molecule has 1 atom stereocenters. The molecule has 3 aromatic rings. The highest BCUT2D eigenvalue weighted by atomic mass is 15.2. The zero-order valence-electron chi connectivity index (χ0n) is 15.8. The third-order valence-corrected chi connectivity index (χ3v) is 5.47. The van der Waals surface area contributed by atoms with Gasteiger partial charge in [0.05, 0.1) is 0 Å². The number of hydrogen-bond donors (Lipinski definition) is 0. The van der Waals surface area contributed by atoms with E-state index in [4.69, 9.17) is 0 Å². The summed E-state index contributed by atoms with van der Waals surface area (Å²) in [6, 6.07) is 30.9. The highest BCUT2D eigenvalue weighted by Crippen LogP contribution is 2.32. The lowest BCUT2D eigenvalue weighted by molar-refractivity contribution is 0.166. The third kappa shape index (κ3) is 4.56. The van der Waals surface area contributed by atoms with Crippen LogP contribution in [0.2, 0.25) is 0 Å². The van der Waals surface area contributed by atoms with E-state index in [-0.39, 0.29) is 0 Å². The fourth-order valence-corrected chi connectivity index (χ4v) is 4.00. The lowest BCUT2D eigenvalue weighted by Crippen LogP contribution is -2.33. The highest BCUT2D eigenvalue weighted by Gasteiger charge is 2.22. The number of nitrogens with zero attached hydrogens (tertiary/aromatic N) is 1. The molecule has 1 saturated heterocycles. The average Bonchev–Trinajstić information content (AvgIpc) is 2.76. The smallest absolute Gasteiger partial charge is 0.0351 e. The first kappa shape index (κ1) is 17.8. The molecule has 0 radical (unpaired) electrons. The van der Waals surface area contributed by atoms with Crippen LogP contribution in [0.25, 0.3) is 17.2 Å². The van der Waals surface area contributed by atoms with E-state index in [0.717, 1.165) is 6.54 Å². The zero-order valence-corrected chi connectivity index (χ0v) is 15.8. The first-order valence-electron chi connectivity index (χ1n) is 10.0. The Morgan fingerprint density at radius 1 is 0.741 bits per heavy atom. The van der Waals surface area contributed by atoms with E-state index in [9.17, 15) is 0 Å². The van der Waals surface area contributed by atoms with Gasteiger partial charge in [0, 0.05) is 12.6 Å². The number of piperidine rings is 1. The van der Waals surface area contributed by atoms with Gasteiger partial charge in [-0.3, -0.25) is 4.90 Å². The first-order chi connectivity index (χ1) is 13.4. The Balaban J connectivity index is 1.46. The van der Waals surface area contributed by atoms with Crippen LogP contribution in [0.15, 0.2) is 91.0 Å². The number of benzene rings is 3. The summed E-state index contributed by atoms with van der Waals surface area (Å²) in [5.74, 6) is 0. The minimum Gasteiger partial charge on any atom is -0.293 e. The maximum atomic E-state index is 2.63. The van der Waals surface area contributed by atoms with Crippen LogP contribution in [0.1, 0.15) is 36.4 Å². The normalized spacial score (nSPS) is 18.0. The van der Waals surface area contributed by atoms with Crippen molar-refractivity contribution < 1.29 is 0 Å². The Bertz CT molecular complexity index is 850. The van der Waals surface area contributed by atoms with Crippen molar-refractivity contribution in [3.8, 4) is 11.1 Å². The van der Waals surface area contributed by atoms with Gasteiger partial charge >= 0.3 is 0 Å². The van der Waals surface area contributed by atoms with Gasteiger partial charge in [-0.2, -0.15) is 0 Å². The lowest BCUT2D eigenvalue weighted by atomic mass is 9.93. The Morgan fingerprint density at radius 2 is 1.41 bits per heavy atom. The second kappa shape index (κ2) is 8.83. The minimum absolute atomic E-state index is 0.531. The van der Waals surface area contributed by atoms with Crippen LogP contribution in [-0.4, -0.2) is 18.0 Å². The summed E-state index contributed by atoms with van der Waals surface area (Å²) in [5, 5.41) is 0. The van der Waals surface area contributed by atoms with Gasteiger partial charge in [-0.05, 0) is 41.6 Å². The molecule has 0 aliphatic carbocycles. The molecule has 0 spiro atoms. The fraction of sp³-hybridized carbons (Fsp3) is 0.231. The van der Waals surface area contributed by atoms with Gasteiger partial charge in [0.15, 0.2) is 0 Å². The predicted octanol–water partition coefficient (Wildman–Crippen LogP) is 6.59. The summed E-state index contributed by atoms with van der Waals surface area (Å²) in [4.78, 5) is 2.63. The van der Waals surface area contributed by atoms with E-state index in [1.165, 1.54) is 48.1 Å². The Labute approximate surface area is 163 Å². The quantitative estimate of drug-likeness (QED) is 0.500. The van der Waals surface area contributed by atoms with Crippen molar-refractivity contribution in [1.82, 2.24) is 4.90 Å². The van der Waals surface area contributed by atoms with Crippen molar-refractivity contribution in [2.45, 2.75) is 25.3 Å². The molecular formula is C26H27N. The molecule has 136 valence electrons. The van der Waals surface area contributed by atoms with Gasteiger partial charge in [-0.1, -0.05) is 104 Å². The molecule has 1 heterocycles. The topological polar surface area (TPSA) is 3.24 Å². The van der Waals surface area contributed by atoms with Crippen molar-refractivity contribution >= 4 is 6.08 Å². The monoisotopic (exact) mass is 353 g/mol. The molecule has 27 heavy (non-hydrogen) atoms. The van der Waals surface area contributed by atoms with E-state index in [0.29, 0.717) is 6.04 Å². The molecule has 0 aromatic heterocycles. The molecule has 1 aliphatic heterocycles. The van der Waals surface area contributed by atoms with Crippen LogP contribution in [0.5, 0.6) is 0 Å². The van der Waals surface area contributed by atoms with Gasteiger partial charge in [-0.25, -0.2) is 0 Å². The van der Waals surface area contributed by atoms with Gasteiger partial charge in [0.2, 0.25) is 0 Å². The standard InChI is InChI=1S/C26H27N/c1-3-10-22(11-4-1)12-9-21-27-20-8-7-15-26(27)25-18-16-24(17-19-25)23-13-5-2-6-14-23/h1-6,9-14,16-19,26H,7-8,15,20-21H2. The highest BCUT2D eigenvalue weighted by molar-refractivity contribution is 5.63. The fourth-order valence-electron chi connectivity index (χ4n) is 4.00. The predicted molar refractivity (Wildman–Crippen MR) is 116 cm³/mol. The van der Waals surface area contributed by atoms with Crippen LogP contribution in [0, 0.1) is 0 Å². The van der Waals surface area contributed by atoms with Crippen LogP contribution >= 0.6 is 0 Å². The lowest BCUT2D eigenvalue weighted by Gasteiger charge is -2.35. The summed E-state index contributed by atoms with van der Waals surface area (Å²) < 4.78 is 0. The minimum atomic E-state index is 0.531. The summed E-state index contributed by atoms with van der Waals surface area (Å²) in [6.45, 7) is 2.20. The maximum absolute atomic E-state index is 2.63. The summed E-state index contributed by atoms with van der Waals surface area (Å²) in [5.41, 5.74) is 5.31. The second-order valence-electron chi connectivity index (χ2n) is 7.31. The summed E-state index contributed by atoms with van der Waals surface area (Å²) in [7, 11) is 0. The second-order valence-corrected chi connectivity index (χ2v) is 7.31. The van der Waals surface area contributed by atoms with Crippen molar-refractivity contribution in [2.24, 2.45) is 0 Å². The number of likely N-dealkylation sites (tertiary alicyclic amines) is 1. The van der Waals surface area contributed by atoms with Crippen molar-refractivity contribution in [2.75, 3.05) is 13.1 Å². The molecule has 1 heteroatoms. The Kier molecular flexibility index (Phi) is 5.81. The third-order valence-electron chi connectivity index (χ3n) is 5.47. The SMILES string of the molecule is C(=Cc1ccccc1)CN1CCCCC1c1ccc(-c2ccccc2)cc1. The number of hydrogen-bond acceptors (Lipinski definition) is 1. The molecule has 0 bridgehead atoms. The molecule has 3 aromatic carbocycles. The molecule has 1 fully saturated rings. The number of rotatable bonds is 5. The van der Waals surface area contributed by atoms with E-state index in [1.807, 2.05) is 0 Å². The van der Waals surface area contributed by atoms with Crippen molar-refractivity contribution in [3.63, 3.8) is 0 Å². The molecule has 4 rings (SSSR count). The zero-order chi connectivity index (χ0) is 18.3. The van der Waals surface area contributed by atoms with E-state index >= 15 is 0 Å². The van der Waals surface area contributed by atoms with Gasteiger partial charge in [-0.15, -0.1) is 0 Å². The van der Waals surface area contributed by atoms with Crippen LogP contribution in [-0.2, 0) is 0 Å². The van der Waals surface area contributed by atoms with Crippen molar-refractivity contribution in [3.05, 3.63) is 102 Å². The molecule has 0 amide bonds. The molecule has 0 N–H and O–H groups in total. The maximum Gasteiger partial charge on any atom is 0.0351 e. The van der Waals surface area contributed by atoms with E-state index in [1.54, 1.807) is 0 Å². The van der Waals surface area contributed by atoms with E-state index < -0.39 is 0 Å². The molecule has 1 aliphatic rings. The molecule has 1 nitrogen and oxygen atoms in total. The van der Waals surface area contributed by atoms with Gasteiger partial charge < -0.3 is 0 Å². The first-order valence-corrected chi connectivity index (χ1v) is 10.0. The van der Waals surface area contributed by atoms with Crippen LogP contribution in [0.4, 0.5) is 0 Å². The molecular weight excluding hydrogens is 326 g/mol. The largest absolute Gasteiger partial charge is 0.293 e. The van der Waals surface area contributed by atoms with E-state index in [2.05, 4.69) is 102 Å². The van der Waals surface area contributed by atoms with Gasteiger partial charge in [0.25, 0.3) is 0 Å². The molecule has 1 unspecified atom stereocenters. The molecule has 0 saturated carbocycles. The summed E-state index contributed by atoms with van der Waals surface area (Å²) >= 11 is 0. The van der Waals surface area contributed by atoms with Crippen molar-refractivity contribution in [1.29, 1.82) is 0 Å². The summed E-state index contributed by atoms with van der Waals surface area (Å²) in [6.07, 6.45) is 8.43. The average molecular weight is 354 g/mol. The van der Waals surface area contributed by atoms with Crippen LogP contribution in [0.3, 0.4) is 0 Å². The Morgan fingerprint density at radius 3 is 2.15 bits per heavy atom.